The first-order chi connectivity index (χ1) is 32.3. The highest BCUT2D eigenvalue weighted by Gasteiger charge is 2.45. The molecule has 0 N–H and O–H groups in total. The fourth-order valence-electron chi connectivity index (χ4n) is 11.0. The Morgan fingerprint density at radius 1 is 0.400 bits per heavy atom. The molecule has 0 amide bonds. The zero-order valence-electron chi connectivity index (χ0n) is 35.0. The van der Waals surface area contributed by atoms with Crippen LogP contribution in [0.3, 0.4) is 0 Å². The minimum absolute atomic E-state index is 0.875. The quantitative estimate of drug-likeness (QED) is 0.123. The molecule has 14 aromatic rings. The van der Waals surface area contributed by atoms with Gasteiger partial charge in [0, 0.05) is 76.3 Å². The van der Waals surface area contributed by atoms with Crippen LogP contribution in [0.25, 0.3) is 97.1 Å². The monoisotopic (exact) mass is 863 g/mol. The fourth-order valence-corrected chi connectivity index (χ4v) is 17.7. The van der Waals surface area contributed by atoms with Gasteiger partial charge < -0.3 is 13.6 Å². The molecule has 14 rings (SSSR count). The molecule has 0 unspecified atom stereocenters. The maximum absolute atomic E-state index is 7.22. The summed E-state index contributed by atoms with van der Waals surface area (Å²) < 4.78 is 14.6. The van der Waals surface area contributed by atoms with Crippen LogP contribution in [0.2, 0.25) is 0 Å². The van der Waals surface area contributed by atoms with E-state index in [4.69, 9.17) is 4.42 Å². The molecule has 5 heterocycles. The van der Waals surface area contributed by atoms with Gasteiger partial charge in [-0.25, -0.2) is 0 Å². The summed E-state index contributed by atoms with van der Waals surface area (Å²) in [7, 11) is -3.13. The standard InChI is InChI=1S/C59H37N3OSSi/c1-3-15-40(16-4-1)65(41-17-5-2-6-18-41,56-27-13-22-45-47-35-38(29-31-54(47)63-58(45)56)62-52-26-12-9-21-44(52)49-37-60-34-33-53(49)62)57-28-14-23-46-48-36-39(30-32-55(48)64-59(46)57)61-50-24-10-7-19-42(50)43-20-8-11-25-51(43)61/h1-37H. The van der Waals surface area contributed by atoms with E-state index in [-0.39, 0.29) is 0 Å². The number of furan rings is 1. The molecule has 0 bridgehead atoms. The average molecular weight is 864 g/mol. The van der Waals surface area contributed by atoms with E-state index < -0.39 is 8.07 Å². The molecular formula is C59H37N3OSSi. The molecule has 9 aromatic carbocycles. The van der Waals surface area contributed by atoms with Crippen molar-refractivity contribution < 1.29 is 4.42 Å². The van der Waals surface area contributed by atoms with E-state index >= 15 is 0 Å². The average Bonchev–Trinajstić information content (AvgIpc) is 4.13. The number of para-hydroxylation sites is 4. The third-order valence-electron chi connectivity index (χ3n) is 13.8. The number of aromatic nitrogens is 3. The third kappa shape index (κ3) is 5.15. The second-order valence-electron chi connectivity index (χ2n) is 17.0. The van der Waals surface area contributed by atoms with Gasteiger partial charge in [0.05, 0.1) is 22.1 Å². The van der Waals surface area contributed by atoms with Gasteiger partial charge in [0.2, 0.25) is 0 Å². The van der Waals surface area contributed by atoms with E-state index in [1.54, 1.807) is 0 Å². The summed E-state index contributed by atoms with van der Waals surface area (Å²) in [4.78, 5) is 4.50. The molecule has 304 valence electrons. The SMILES string of the molecule is c1ccc([Si](c2ccccc2)(c2cccc3c2oc2ccc(-n4c5ccccc5c5cnccc54)cc23)c2cccc3c2sc2ccc(-n4c5ccccc5c5ccccc54)cc23)cc1. The molecule has 65 heavy (non-hydrogen) atoms. The first-order valence-corrected chi connectivity index (χ1v) is 24.9. The number of pyridine rings is 1. The van der Waals surface area contributed by atoms with Gasteiger partial charge in [-0.05, 0) is 81.4 Å². The minimum atomic E-state index is -3.13. The van der Waals surface area contributed by atoms with E-state index in [0.717, 1.165) is 44.0 Å². The van der Waals surface area contributed by atoms with Crippen LogP contribution in [-0.4, -0.2) is 22.2 Å². The second-order valence-corrected chi connectivity index (χ2v) is 21.8. The number of benzene rings is 9. The van der Waals surface area contributed by atoms with Crippen molar-refractivity contribution in [3.8, 4) is 11.4 Å². The van der Waals surface area contributed by atoms with Crippen molar-refractivity contribution in [2.45, 2.75) is 0 Å². The van der Waals surface area contributed by atoms with E-state index in [2.05, 4.69) is 226 Å². The van der Waals surface area contributed by atoms with Crippen molar-refractivity contribution in [2.24, 2.45) is 0 Å². The third-order valence-corrected chi connectivity index (χ3v) is 20.0. The summed E-state index contributed by atoms with van der Waals surface area (Å²) in [5, 5.41) is 14.9. The van der Waals surface area contributed by atoms with Crippen molar-refractivity contribution >= 4 is 126 Å². The van der Waals surface area contributed by atoms with Crippen LogP contribution in [0.4, 0.5) is 0 Å². The molecular weight excluding hydrogens is 827 g/mol. The summed E-state index contributed by atoms with van der Waals surface area (Å²) in [6.07, 6.45) is 3.86. The molecule has 0 aliphatic rings. The number of rotatable bonds is 6. The predicted octanol–water partition coefficient (Wildman–Crippen LogP) is 12.9. The summed E-state index contributed by atoms with van der Waals surface area (Å²) in [6, 6.07) is 78.3. The van der Waals surface area contributed by atoms with Crippen molar-refractivity contribution in [1.29, 1.82) is 0 Å². The van der Waals surface area contributed by atoms with Crippen LogP contribution >= 0.6 is 11.3 Å². The zero-order chi connectivity index (χ0) is 42.6. The largest absolute Gasteiger partial charge is 0.456 e. The molecule has 0 fully saturated rings. The van der Waals surface area contributed by atoms with E-state index in [9.17, 15) is 0 Å². The Labute approximate surface area is 378 Å². The molecule has 0 aliphatic carbocycles. The van der Waals surface area contributed by atoms with Gasteiger partial charge >= 0.3 is 0 Å². The lowest BCUT2D eigenvalue weighted by molar-refractivity contribution is 0.671. The lowest BCUT2D eigenvalue weighted by Crippen LogP contribution is -2.74. The summed E-state index contributed by atoms with van der Waals surface area (Å²) in [5.41, 5.74) is 8.79. The fraction of sp³-hybridized carbons (Fsp3) is 0. The highest BCUT2D eigenvalue weighted by Crippen LogP contribution is 2.40. The highest BCUT2D eigenvalue weighted by atomic mass is 32.1. The number of nitrogens with zero attached hydrogens (tertiary/aromatic N) is 3. The zero-order valence-corrected chi connectivity index (χ0v) is 36.8. The van der Waals surface area contributed by atoms with E-state index in [1.807, 2.05) is 23.7 Å². The first-order valence-electron chi connectivity index (χ1n) is 22.1. The highest BCUT2D eigenvalue weighted by molar-refractivity contribution is 7.31. The maximum atomic E-state index is 7.22. The van der Waals surface area contributed by atoms with Gasteiger partial charge in [-0.15, -0.1) is 11.3 Å². The second kappa shape index (κ2) is 14.0. The number of thiophene rings is 1. The van der Waals surface area contributed by atoms with Gasteiger partial charge in [-0.1, -0.05) is 152 Å². The van der Waals surface area contributed by atoms with Gasteiger partial charge in [0.1, 0.15) is 11.2 Å². The lowest BCUT2D eigenvalue weighted by Gasteiger charge is -2.34. The predicted molar refractivity (Wildman–Crippen MR) is 277 cm³/mol. The van der Waals surface area contributed by atoms with Crippen molar-refractivity contribution in [3.63, 3.8) is 0 Å². The van der Waals surface area contributed by atoms with E-state index in [0.29, 0.717) is 0 Å². The smallest absolute Gasteiger partial charge is 0.185 e. The van der Waals surface area contributed by atoms with Crippen molar-refractivity contribution in [2.75, 3.05) is 0 Å². The van der Waals surface area contributed by atoms with Gasteiger partial charge in [-0.3, -0.25) is 4.98 Å². The topological polar surface area (TPSA) is 35.9 Å². The van der Waals surface area contributed by atoms with Crippen LogP contribution in [0, 0.1) is 0 Å². The Balaban J connectivity index is 1.04. The molecule has 0 aliphatic heterocycles. The molecule has 0 saturated carbocycles. The Bertz CT molecular complexity index is 3820. The molecule has 0 saturated heterocycles. The number of hydrogen-bond donors (Lipinski definition) is 0. The maximum Gasteiger partial charge on any atom is 0.185 e. The molecule has 0 atom stereocenters. The molecule has 4 nitrogen and oxygen atoms in total. The minimum Gasteiger partial charge on any atom is -0.456 e. The molecule has 5 aromatic heterocycles. The van der Waals surface area contributed by atoms with Crippen LogP contribution in [0.15, 0.2) is 229 Å². The van der Waals surface area contributed by atoms with Crippen LogP contribution < -0.4 is 20.7 Å². The van der Waals surface area contributed by atoms with Gasteiger partial charge in [0.25, 0.3) is 0 Å². The summed E-state index contributed by atoms with van der Waals surface area (Å²) in [5.74, 6) is 0. The van der Waals surface area contributed by atoms with Crippen LogP contribution in [0.5, 0.6) is 0 Å². The number of hydrogen-bond acceptors (Lipinski definition) is 3. The lowest BCUT2D eigenvalue weighted by atomic mass is 10.1. The van der Waals surface area contributed by atoms with Crippen molar-refractivity contribution in [1.82, 2.24) is 14.1 Å². The normalized spacial score (nSPS) is 12.3. The Kier molecular flexibility index (Phi) is 7.84. The summed E-state index contributed by atoms with van der Waals surface area (Å²) >= 11 is 1.91. The van der Waals surface area contributed by atoms with Crippen LogP contribution in [0.1, 0.15) is 0 Å². The molecule has 0 radical (unpaired) electrons. The van der Waals surface area contributed by atoms with E-state index in [1.165, 1.54) is 73.8 Å². The van der Waals surface area contributed by atoms with Crippen LogP contribution in [-0.2, 0) is 0 Å². The van der Waals surface area contributed by atoms with Gasteiger partial charge in [-0.2, -0.15) is 0 Å². The van der Waals surface area contributed by atoms with Crippen molar-refractivity contribution in [3.05, 3.63) is 225 Å². The molecule has 0 spiro atoms. The summed E-state index contributed by atoms with van der Waals surface area (Å²) in [6.45, 7) is 0. The Morgan fingerprint density at radius 3 is 1.58 bits per heavy atom. The Hall–Kier alpha value is -8.03. The van der Waals surface area contributed by atoms with Gasteiger partial charge in [0.15, 0.2) is 8.07 Å². The first kappa shape index (κ1) is 36.5. The molecule has 6 heteroatoms. The number of fused-ring (bicyclic) bond motifs is 12. The Morgan fingerprint density at radius 2 is 0.923 bits per heavy atom.